The molecule has 0 radical (unpaired) electrons. The molecule has 1 amide bonds. The third kappa shape index (κ3) is 7.91. The minimum absolute atomic E-state index is 0.0305. The number of alkyl halides is 3. The van der Waals surface area contributed by atoms with Gasteiger partial charge in [0.25, 0.3) is 0 Å². The van der Waals surface area contributed by atoms with E-state index < -0.39 is 27.7 Å². The highest BCUT2D eigenvalue weighted by molar-refractivity contribution is 7.88. The summed E-state index contributed by atoms with van der Waals surface area (Å²) in [6, 6.07) is 4.40. The molecule has 0 saturated heterocycles. The number of likely N-dealkylation sites (N-methyl/N-ethyl adjacent to an activating group) is 1. The summed E-state index contributed by atoms with van der Waals surface area (Å²) >= 11 is 0. The normalized spacial score (nSPS) is 11.6. The molecule has 0 heterocycles. The predicted octanol–water partition coefficient (Wildman–Crippen LogP) is 1.10. The largest absolute Gasteiger partial charge is 0.481 e. The maximum Gasteiger partial charge on any atom is 0.416 e. The Hall–Kier alpha value is -2.25. The summed E-state index contributed by atoms with van der Waals surface area (Å²) in [7, 11) is -2.18. The van der Waals surface area contributed by atoms with Crippen molar-refractivity contribution in [1.82, 2.24) is 9.62 Å². The molecule has 138 valence electrons. The highest BCUT2D eigenvalue weighted by Gasteiger charge is 2.30. The summed E-state index contributed by atoms with van der Waals surface area (Å²) in [6.07, 6.45) is -3.47. The number of ether oxygens (including phenoxy) is 1. The molecule has 0 saturated carbocycles. The van der Waals surface area contributed by atoms with E-state index in [0.29, 0.717) is 0 Å². The van der Waals surface area contributed by atoms with Gasteiger partial charge in [0.1, 0.15) is 12.4 Å². The lowest BCUT2D eigenvalue weighted by molar-refractivity contribution is -0.137. The molecular weight excluding hydrogens is 361 g/mol. The van der Waals surface area contributed by atoms with Gasteiger partial charge >= 0.3 is 6.18 Å². The first kappa shape index (κ1) is 20.8. The van der Waals surface area contributed by atoms with E-state index in [-0.39, 0.29) is 25.4 Å². The number of hydrogen-bond acceptors (Lipinski definition) is 4. The number of nitrogens with one attached hydrogen (secondary N) is 1. The van der Waals surface area contributed by atoms with Crippen molar-refractivity contribution in [2.24, 2.45) is 0 Å². The molecule has 0 aliphatic heterocycles. The van der Waals surface area contributed by atoms with Crippen LogP contribution in [0.15, 0.2) is 24.3 Å². The first-order valence-electron chi connectivity index (χ1n) is 6.94. The highest BCUT2D eigenvalue weighted by Crippen LogP contribution is 2.31. The summed E-state index contributed by atoms with van der Waals surface area (Å²) in [4.78, 5) is 11.5. The zero-order valence-corrected chi connectivity index (χ0v) is 14.4. The molecule has 1 N–H and O–H groups in total. The number of benzene rings is 1. The van der Waals surface area contributed by atoms with Gasteiger partial charge < -0.3 is 10.1 Å². The molecule has 0 fully saturated rings. The van der Waals surface area contributed by atoms with Crippen LogP contribution in [-0.2, 0) is 21.0 Å². The van der Waals surface area contributed by atoms with Crippen LogP contribution in [0.5, 0.6) is 5.75 Å². The molecule has 0 bridgehead atoms. The van der Waals surface area contributed by atoms with E-state index in [1.807, 2.05) is 0 Å². The minimum atomic E-state index is -4.45. The molecule has 0 atom stereocenters. The monoisotopic (exact) mass is 378 g/mol. The molecule has 25 heavy (non-hydrogen) atoms. The zero-order valence-electron chi connectivity index (χ0n) is 13.6. The Balaban J connectivity index is 2.38. The number of sulfonamides is 1. The summed E-state index contributed by atoms with van der Waals surface area (Å²) in [5.41, 5.74) is -0.819. The third-order valence-electron chi connectivity index (χ3n) is 2.90. The Morgan fingerprint density at radius 3 is 2.60 bits per heavy atom. The maximum atomic E-state index is 12.5. The van der Waals surface area contributed by atoms with Crippen molar-refractivity contribution < 1.29 is 31.1 Å². The summed E-state index contributed by atoms with van der Waals surface area (Å²) < 4.78 is 65.8. The smallest absolute Gasteiger partial charge is 0.416 e. The van der Waals surface area contributed by atoms with Crippen molar-refractivity contribution in [3.05, 3.63) is 29.8 Å². The van der Waals surface area contributed by atoms with E-state index in [1.165, 1.54) is 19.2 Å². The van der Waals surface area contributed by atoms with E-state index in [9.17, 15) is 26.4 Å². The standard InChI is InChI=1S/C15H17F3N2O4S/c1-20(25(2,22)23)11-14(21)19-8-3-4-9-24-13-7-5-6-12(10-13)15(16,17)18/h5-7,10H,8-9,11H2,1-2H3,(H,19,21). The van der Waals surface area contributed by atoms with Gasteiger partial charge in [-0.3, -0.25) is 4.79 Å². The van der Waals surface area contributed by atoms with Crippen LogP contribution in [0, 0.1) is 11.8 Å². The highest BCUT2D eigenvalue weighted by atomic mass is 32.2. The van der Waals surface area contributed by atoms with E-state index in [2.05, 4.69) is 17.2 Å². The second-order valence-corrected chi connectivity index (χ2v) is 7.05. The Morgan fingerprint density at radius 2 is 2.00 bits per heavy atom. The zero-order chi connectivity index (χ0) is 19.1. The van der Waals surface area contributed by atoms with Crippen molar-refractivity contribution >= 4 is 15.9 Å². The molecule has 1 aromatic rings. The lowest BCUT2D eigenvalue weighted by atomic mass is 10.2. The van der Waals surface area contributed by atoms with Gasteiger partial charge in [-0.15, -0.1) is 0 Å². The summed E-state index contributed by atoms with van der Waals surface area (Å²) in [5.74, 6) is 4.58. The molecule has 6 nitrogen and oxygen atoms in total. The summed E-state index contributed by atoms with van der Waals surface area (Å²) in [6.45, 7) is -0.524. The topological polar surface area (TPSA) is 75.7 Å². The number of carbonyl (C=O) groups excluding carboxylic acids is 1. The van der Waals surface area contributed by atoms with Crippen molar-refractivity contribution in [2.45, 2.75) is 6.18 Å². The number of halogens is 3. The van der Waals surface area contributed by atoms with Gasteiger partial charge in [-0.1, -0.05) is 17.9 Å². The van der Waals surface area contributed by atoms with Crippen LogP contribution < -0.4 is 10.1 Å². The SMILES string of the molecule is CN(CC(=O)NCC#CCOc1cccc(C(F)(F)F)c1)S(C)(=O)=O. The molecule has 10 heteroatoms. The van der Waals surface area contributed by atoms with E-state index in [1.54, 1.807) is 0 Å². The van der Waals surface area contributed by atoms with Crippen LogP contribution >= 0.6 is 0 Å². The first-order valence-corrected chi connectivity index (χ1v) is 8.79. The lowest BCUT2D eigenvalue weighted by Gasteiger charge is -2.12. The Labute approximate surface area is 144 Å². The molecule has 0 aliphatic rings. The van der Waals surface area contributed by atoms with Gasteiger partial charge in [0.05, 0.1) is 24.9 Å². The number of rotatable bonds is 6. The van der Waals surface area contributed by atoms with Gasteiger partial charge in [0, 0.05) is 7.05 Å². The molecule has 0 aromatic heterocycles. The second kappa shape index (κ2) is 8.73. The fourth-order valence-corrected chi connectivity index (χ4v) is 1.87. The predicted molar refractivity (Wildman–Crippen MR) is 85.2 cm³/mol. The third-order valence-corrected chi connectivity index (χ3v) is 4.17. The van der Waals surface area contributed by atoms with Crippen LogP contribution in [0.1, 0.15) is 5.56 Å². The maximum absolute atomic E-state index is 12.5. The Kier molecular flexibility index (Phi) is 7.26. The van der Waals surface area contributed by atoms with Gasteiger partial charge in [0.15, 0.2) is 0 Å². The number of amides is 1. The number of hydrogen-bond donors (Lipinski definition) is 1. The van der Waals surface area contributed by atoms with Crippen molar-refractivity contribution in [1.29, 1.82) is 0 Å². The van der Waals surface area contributed by atoms with Crippen LogP contribution in [0.3, 0.4) is 0 Å². The van der Waals surface area contributed by atoms with Crippen molar-refractivity contribution in [2.75, 3.05) is 33.0 Å². The molecule has 0 spiro atoms. The van der Waals surface area contributed by atoms with Gasteiger partial charge in [-0.05, 0) is 18.2 Å². The molecule has 0 unspecified atom stereocenters. The van der Waals surface area contributed by atoms with Crippen molar-refractivity contribution in [3.8, 4) is 17.6 Å². The van der Waals surface area contributed by atoms with Crippen LogP contribution in [0.2, 0.25) is 0 Å². The number of nitrogens with zero attached hydrogens (tertiary/aromatic N) is 1. The number of carbonyl (C=O) groups is 1. The van der Waals surface area contributed by atoms with Crippen LogP contribution in [0.4, 0.5) is 13.2 Å². The second-order valence-electron chi connectivity index (χ2n) is 4.96. The molecule has 0 aliphatic carbocycles. The van der Waals surface area contributed by atoms with E-state index >= 15 is 0 Å². The van der Waals surface area contributed by atoms with Crippen molar-refractivity contribution in [3.63, 3.8) is 0 Å². The molecular formula is C15H17F3N2O4S. The first-order chi connectivity index (χ1) is 11.5. The summed E-state index contributed by atoms with van der Waals surface area (Å²) in [5, 5.41) is 2.39. The molecule has 1 aromatic carbocycles. The Morgan fingerprint density at radius 1 is 1.32 bits per heavy atom. The fourth-order valence-electron chi connectivity index (χ4n) is 1.51. The van der Waals surface area contributed by atoms with Gasteiger partial charge in [-0.25, -0.2) is 8.42 Å². The average Bonchev–Trinajstić information content (AvgIpc) is 2.49. The fraction of sp³-hybridized carbons (Fsp3) is 0.400. The lowest BCUT2D eigenvalue weighted by Crippen LogP contribution is -2.37. The average molecular weight is 378 g/mol. The van der Waals surface area contributed by atoms with Gasteiger partial charge in [0.2, 0.25) is 15.9 Å². The minimum Gasteiger partial charge on any atom is -0.481 e. The van der Waals surface area contributed by atoms with Crippen LogP contribution in [0.25, 0.3) is 0 Å². The quantitative estimate of drug-likeness (QED) is 0.752. The van der Waals surface area contributed by atoms with Gasteiger partial charge in [-0.2, -0.15) is 17.5 Å². The van der Waals surface area contributed by atoms with E-state index in [0.717, 1.165) is 22.7 Å². The van der Waals surface area contributed by atoms with Crippen LogP contribution in [-0.4, -0.2) is 51.6 Å². The molecule has 1 rings (SSSR count). The van der Waals surface area contributed by atoms with E-state index in [4.69, 9.17) is 4.74 Å². The Bertz CT molecular complexity index is 767.